The molecule has 0 aliphatic carbocycles. The van der Waals surface area contributed by atoms with Crippen molar-refractivity contribution in [2.75, 3.05) is 18.1 Å². The Labute approximate surface area is 134 Å². The van der Waals surface area contributed by atoms with Crippen LogP contribution in [0.5, 0.6) is 5.75 Å². The number of amides is 1. The van der Waals surface area contributed by atoms with E-state index in [-0.39, 0.29) is 6.61 Å². The van der Waals surface area contributed by atoms with Gasteiger partial charge in [-0.2, -0.15) is 11.8 Å². The summed E-state index contributed by atoms with van der Waals surface area (Å²) in [5.74, 6) is 0.806. The van der Waals surface area contributed by atoms with Crippen molar-refractivity contribution in [3.8, 4) is 5.75 Å². The zero-order valence-electron chi connectivity index (χ0n) is 12.8. The minimum absolute atomic E-state index is 0.173. The number of hydrogen-bond donors (Lipinski definition) is 2. The molecule has 2 N–H and O–H groups in total. The molecule has 6 heteroatoms. The van der Waals surface area contributed by atoms with Gasteiger partial charge in [0, 0.05) is 0 Å². The van der Waals surface area contributed by atoms with Gasteiger partial charge in [0.05, 0.1) is 0 Å². The van der Waals surface area contributed by atoms with Gasteiger partial charge in [-0.1, -0.05) is 18.2 Å². The van der Waals surface area contributed by atoms with Crippen molar-refractivity contribution in [2.45, 2.75) is 32.2 Å². The van der Waals surface area contributed by atoms with E-state index >= 15 is 0 Å². The number of ether oxygens (including phenoxy) is 1. The molecule has 0 saturated carbocycles. The van der Waals surface area contributed by atoms with Gasteiger partial charge in [-0.3, -0.25) is 4.79 Å². The summed E-state index contributed by atoms with van der Waals surface area (Å²) in [6.45, 7) is 3.66. The molecule has 120 valence electrons. The summed E-state index contributed by atoms with van der Waals surface area (Å²) in [6.07, 6.45) is 0.893. The van der Waals surface area contributed by atoms with E-state index in [0.29, 0.717) is 18.6 Å². The van der Waals surface area contributed by atoms with Crippen LogP contribution in [-0.4, -0.2) is 40.6 Å². The number of aliphatic carboxylic acids is 1. The standard InChI is InChI=1S/C16H21NO4S/c1-11-4-3-5-12(2)14(11)21-10-13(18)17-16(15(19)20)6-8-22-9-7-16/h3-5H,6-10H2,1-2H3,(H,17,18)(H,19,20). The number of carboxylic acids is 1. The van der Waals surface area contributed by atoms with Crippen molar-refractivity contribution >= 4 is 23.6 Å². The molecule has 1 aromatic carbocycles. The van der Waals surface area contributed by atoms with Crippen molar-refractivity contribution in [3.63, 3.8) is 0 Å². The van der Waals surface area contributed by atoms with Gasteiger partial charge in [0.2, 0.25) is 0 Å². The Morgan fingerprint density at radius 2 is 1.86 bits per heavy atom. The first-order valence-electron chi connectivity index (χ1n) is 7.26. The topological polar surface area (TPSA) is 75.6 Å². The maximum atomic E-state index is 12.1. The normalized spacial score (nSPS) is 16.8. The van der Waals surface area contributed by atoms with Gasteiger partial charge in [-0.05, 0) is 49.3 Å². The molecule has 1 amide bonds. The van der Waals surface area contributed by atoms with Crippen LogP contribution in [0.4, 0.5) is 0 Å². The molecule has 1 aliphatic rings. The van der Waals surface area contributed by atoms with Crippen LogP contribution in [-0.2, 0) is 9.59 Å². The third-order valence-corrected chi connectivity index (χ3v) is 4.88. The molecule has 0 bridgehead atoms. The highest BCUT2D eigenvalue weighted by molar-refractivity contribution is 7.99. The van der Waals surface area contributed by atoms with Gasteiger partial charge in [0.15, 0.2) is 6.61 Å². The molecule has 0 aromatic heterocycles. The van der Waals surface area contributed by atoms with Crippen molar-refractivity contribution in [1.29, 1.82) is 0 Å². The fourth-order valence-corrected chi connectivity index (χ4v) is 3.77. The van der Waals surface area contributed by atoms with Crippen LogP contribution in [0.15, 0.2) is 18.2 Å². The Morgan fingerprint density at radius 1 is 1.27 bits per heavy atom. The van der Waals surface area contributed by atoms with Gasteiger partial charge < -0.3 is 15.2 Å². The number of rotatable bonds is 5. The Hall–Kier alpha value is -1.69. The van der Waals surface area contributed by atoms with Crippen LogP contribution in [0.3, 0.4) is 0 Å². The summed E-state index contributed by atoms with van der Waals surface area (Å²) in [5.41, 5.74) is 0.761. The second kappa shape index (κ2) is 7.05. The largest absolute Gasteiger partial charge is 0.483 e. The van der Waals surface area contributed by atoms with Gasteiger partial charge in [0.25, 0.3) is 5.91 Å². The predicted octanol–water partition coefficient (Wildman–Crippen LogP) is 2.15. The molecule has 0 unspecified atom stereocenters. The molecule has 1 saturated heterocycles. The summed E-state index contributed by atoms with van der Waals surface area (Å²) >= 11 is 1.71. The van der Waals surface area contributed by atoms with Crippen LogP contribution >= 0.6 is 11.8 Å². The predicted molar refractivity (Wildman–Crippen MR) is 86.5 cm³/mol. The Kier molecular flexibility index (Phi) is 5.34. The number of hydrogen-bond acceptors (Lipinski definition) is 4. The zero-order valence-corrected chi connectivity index (χ0v) is 13.7. The first-order valence-corrected chi connectivity index (χ1v) is 8.41. The van der Waals surface area contributed by atoms with E-state index in [0.717, 1.165) is 22.6 Å². The first kappa shape index (κ1) is 16.7. The lowest BCUT2D eigenvalue weighted by atomic mass is 9.92. The van der Waals surface area contributed by atoms with Gasteiger partial charge in [-0.15, -0.1) is 0 Å². The highest BCUT2D eigenvalue weighted by atomic mass is 32.2. The molecule has 1 aromatic rings. The summed E-state index contributed by atoms with van der Waals surface area (Å²) in [4.78, 5) is 23.6. The average Bonchev–Trinajstić information content (AvgIpc) is 2.47. The lowest BCUT2D eigenvalue weighted by Gasteiger charge is -2.33. The minimum atomic E-state index is -1.15. The number of nitrogens with one attached hydrogen (secondary N) is 1. The molecule has 1 aliphatic heterocycles. The number of carbonyl (C=O) groups is 2. The van der Waals surface area contributed by atoms with E-state index in [1.807, 2.05) is 32.0 Å². The number of carboxylic acid groups (broad SMARTS) is 1. The zero-order chi connectivity index (χ0) is 16.2. The molecule has 1 heterocycles. The molecule has 0 radical (unpaired) electrons. The van der Waals surface area contributed by atoms with Crippen molar-refractivity contribution in [3.05, 3.63) is 29.3 Å². The third kappa shape index (κ3) is 3.74. The maximum absolute atomic E-state index is 12.1. The van der Waals surface area contributed by atoms with Crippen LogP contribution in [0.1, 0.15) is 24.0 Å². The smallest absolute Gasteiger partial charge is 0.329 e. The summed E-state index contributed by atoms with van der Waals surface area (Å²) in [7, 11) is 0. The molecule has 0 atom stereocenters. The SMILES string of the molecule is Cc1cccc(C)c1OCC(=O)NC1(C(=O)O)CCSCC1. The fourth-order valence-electron chi connectivity index (χ4n) is 2.58. The Balaban J connectivity index is 1.99. The van der Waals surface area contributed by atoms with Crippen molar-refractivity contribution in [1.82, 2.24) is 5.32 Å². The van der Waals surface area contributed by atoms with Crippen LogP contribution in [0.2, 0.25) is 0 Å². The van der Waals surface area contributed by atoms with E-state index in [1.54, 1.807) is 11.8 Å². The molecule has 22 heavy (non-hydrogen) atoms. The lowest BCUT2D eigenvalue weighted by Crippen LogP contribution is -2.57. The third-order valence-electron chi connectivity index (χ3n) is 3.89. The summed E-state index contributed by atoms with van der Waals surface area (Å²) in [5, 5.41) is 12.1. The van der Waals surface area contributed by atoms with Crippen LogP contribution in [0, 0.1) is 13.8 Å². The van der Waals surface area contributed by atoms with E-state index in [2.05, 4.69) is 5.32 Å². The number of thioether (sulfide) groups is 1. The number of carbonyl (C=O) groups excluding carboxylic acids is 1. The van der Waals surface area contributed by atoms with Crippen LogP contribution < -0.4 is 10.1 Å². The molecular formula is C16H21NO4S. The monoisotopic (exact) mass is 323 g/mol. The summed E-state index contributed by atoms with van der Waals surface area (Å²) in [6, 6.07) is 5.76. The van der Waals surface area contributed by atoms with Gasteiger partial charge in [0.1, 0.15) is 11.3 Å². The van der Waals surface area contributed by atoms with Crippen molar-refractivity contribution < 1.29 is 19.4 Å². The minimum Gasteiger partial charge on any atom is -0.483 e. The van der Waals surface area contributed by atoms with Crippen molar-refractivity contribution in [2.24, 2.45) is 0 Å². The number of para-hydroxylation sites is 1. The molecular weight excluding hydrogens is 302 g/mol. The lowest BCUT2D eigenvalue weighted by molar-refractivity contribution is -0.148. The van der Waals surface area contributed by atoms with Gasteiger partial charge >= 0.3 is 5.97 Å². The van der Waals surface area contributed by atoms with Gasteiger partial charge in [-0.25, -0.2) is 4.79 Å². The summed E-state index contributed by atoms with van der Waals surface area (Å²) < 4.78 is 5.59. The van der Waals surface area contributed by atoms with E-state index in [4.69, 9.17) is 4.74 Å². The molecule has 5 nitrogen and oxygen atoms in total. The number of aryl methyl sites for hydroxylation is 2. The van der Waals surface area contributed by atoms with Crippen LogP contribution in [0.25, 0.3) is 0 Å². The first-order chi connectivity index (χ1) is 10.4. The fraction of sp³-hybridized carbons (Fsp3) is 0.500. The van der Waals surface area contributed by atoms with E-state index < -0.39 is 17.4 Å². The van der Waals surface area contributed by atoms with E-state index in [1.165, 1.54) is 0 Å². The second-order valence-corrected chi connectivity index (χ2v) is 6.78. The highest BCUT2D eigenvalue weighted by Crippen LogP contribution is 2.27. The Morgan fingerprint density at radius 3 is 2.41 bits per heavy atom. The molecule has 1 fully saturated rings. The Bertz CT molecular complexity index is 547. The average molecular weight is 323 g/mol. The van der Waals surface area contributed by atoms with E-state index in [9.17, 15) is 14.7 Å². The highest BCUT2D eigenvalue weighted by Gasteiger charge is 2.41. The number of benzene rings is 1. The quantitative estimate of drug-likeness (QED) is 0.868. The molecule has 0 spiro atoms. The maximum Gasteiger partial charge on any atom is 0.329 e. The second-order valence-electron chi connectivity index (χ2n) is 5.56. The molecule has 2 rings (SSSR count).